The zero-order valence-electron chi connectivity index (χ0n) is 74.7. The second-order valence-corrected chi connectivity index (χ2v) is 35.7. The highest BCUT2D eigenvalue weighted by molar-refractivity contribution is 9.11. The van der Waals surface area contributed by atoms with E-state index >= 15 is 0 Å². The lowest BCUT2D eigenvalue weighted by Crippen LogP contribution is -2.41. The minimum atomic E-state index is -0.773. The van der Waals surface area contributed by atoms with Crippen LogP contribution in [0.4, 0.5) is 32.1 Å². The molecular weight excluding hydrogens is 2080 g/mol. The van der Waals surface area contributed by atoms with Gasteiger partial charge in [-0.25, -0.2) is 43.7 Å². The molecule has 8 aromatic carbocycles. The van der Waals surface area contributed by atoms with Crippen molar-refractivity contribution in [3.8, 4) is 45.0 Å². The molecule has 2 aliphatic rings. The molecule has 0 saturated carbocycles. The van der Waals surface area contributed by atoms with Crippen LogP contribution < -0.4 is 66.4 Å². The second-order valence-electron chi connectivity index (χ2n) is 32.4. The van der Waals surface area contributed by atoms with Gasteiger partial charge in [-0.05, 0) is 207 Å². The van der Waals surface area contributed by atoms with Crippen LogP contribution in [0.3, 0.4) is 0 Å². The first kappa shape index (κ1) is 119. The number of nitrogen functional groups attached to an aromatic ring is 4. The Balaban J connectivity index is 0.000000312. The molecule has 2 saturated heterocycles. The largest absolute Gasteiger partial charge is 0.516 e. The molecule has 0 bridgehead atoms. The number of hydrogen-bond acceptors (Lipinski definition) is 25. The number of rotatable bonds is 21. The summed E-state index contributed by atoms with van der Waals surface area (Å²) in [7, 11) is -1.18. The number of carbonyl (C=O) groups is 4. The average Bonchev–Trinajstić information content (AvgIpc) is 1.62. The van der Waals surface area contributed by atoms with E-state index in [4.69, 9.17) is 41.6 Å². The fourth-order valence-electron chi connectivity index (χ4n) is 13.0. The lowest BCUT2D eigenvalue weighted by molar-refractivity contribution is 0.00578. The zero-order chi connectivity index (χ0) is 98.2. The van der Waals surface area contributed by atoms with Gasteiger partial charge in [-0.15, -0.1) is 0 Å². The number of hydrogen-bond donors (Lipinski definition) is 13. The van der Waals surface area contributed by atoms with Gasteiger partial charge in [0.1, 0.15) is 60.0 Å². The zero-order valence-corrected chi connectivity index (χ0v) is 81.0. The van der Waals surface area contributed by atoms with Crippen LogP contribution in [0.15, 0.2) is 296 Å². The topological polar surface area (TPSA) is 487 Å². The van der Waals surface area contributed by atoms with Gasteiger partial charge in [-0.1, -0.05) is 202 Å². The van der Waals surface area contributed by atoms with Crippen molar-refractivity contribution in [1.29, 1.82) is 0 Å². The molecule has 3 atom stereocenters. The highest BCUT2D eigenvalue weighted by Crippen LogP contribution is 2.39. The average molecular weight is 2200 g/mol. The molecule has 8 heterocycles. The van der Waals surface area contributed by atoms with Crippen LogP contribution in [0.5, 0.6) is 0 Å². The van der Waals surface area contributed by atoms with E-state index in [1.165, 1.54) is 61.2 Å². The molecule has 2 aliphatic heterocycles. The Bertz CT molecular complexity index is 6530. The maximum atomic E-state index is 14.9. The molecular formula is C103H120B2Br4F2N18O13. The number of aromatic nitrogens is 10. The Kier molecular flexibility index (Phi) is 45.8. The van der Waals surface area contributed by atoms with Crippen molar-refractivity contribution in [1.82, 2.24) is 71.1 Å². The predicted octanol–water partition coefficient (Wildman–Crippen LogP) is 17.7. The standard InChI is InChI=1S/C24H26BFN4O3.C24H20FN5O3.C21H26BNO4.C19H17BrN4O2.C5H4BrNO.C4H3Br2N3.6CH4/c1-23(2)24(3,4)33-25(32-23)19-14-28-21(27)20(30-19)16-10-11-17(18(26)12-16)22(31)29-13-15-8-6-5-7-9-15;25-18-10-15(22-23(26)28-12-19(29-22)16-7-9-21(32)27-11-16)6-8-17(18)24(33)30-20(13-31)14-4-2-1-3-5-14;1-20(2)21(3,4)27-22(26-20)17-12-10-16(11-13-17)19(25)23-18(14-24)15-8-6-5-7-9-15;20-16-10-22-18(21)17(24-16)13-6-8-14(9-7-13)19(26)23-15(11-25)12-4-2-1-3-5-12;6-4-1-2-5(8)7-3-4;5-2-1-8-4(7)3(6)9-2;;;;;;/h5-12,14H,13H2,1-4H3,(H2,27,28)(H,29,31);1-12,20,31H,13H2,(H2,26,28)(H,27,32)(H,30,33);5-13,18,24H,14H2,1-4H3,(H,23,25);1-10,15,25H,11H2,(H2,21,22)(H,23,26);1-3H,(H,7,8);1H,(H2,7,8);6*1H4/t;20-;18-;15-;;;;;;;;/m.111......../s1. The van der Waals surface area contributed by atoms with E-state index in [1.807, 2.05) is 165 Å². The van der Waals surface area contributed by atoms with E-state index in [9.17, 15) is 52.9 Å². The molecule has 0 radical (unpaired) electrons. The van der Waals surface area contributed by atoms with Gasteiger partial charge in [0.2, 0.25) is 11.1 Å². The molecule has 31 nitrogen and oxygen atoms in total. The van der Waals surface area contributed by atoms with Crippen LogP contribution in [0, 0.1) is 11.6 Å². The number of carbonyl (C=O) groups excluding carboxylic acids is 4. The van der Waals surface area contributed by atoms with Gasteiger partial charge in [-0.2, -0.15) is 0 Å². The number of nitrogens with one attached hydrogen (secondary N) is 6. The third kappa shape index (κ3) is 32.1. The maximum Gasteiger partial charge on any atom is 0.516 e. The third-order valence-corrected chi connectivity index (χ3v) is 23.7. The number of H-pyrrole nitrogens is 2. The molecule has 6 aromatic heterocycles. The molecule has 16 rings (SSSR count). The van der Waals surface area contributed by atoms with E-state index in [1.54, 1.807) is 91.3 Å². The summed E-state index contributed by atoms with van der Waals surface area (Å²) in [6.45, 7) is 15.4. The lowest BCUT2D eigenvalue weighted by atomic mass is 9.79. The van der Waals surface area contributed by atoms with Gasteiger partial charge in [0, 0.05) is 75.1 Å². The van der Waals surface area contributed by atoms with Crippen molar-refractivity contribution in [3.63, 3.8) is 0 Å². The summed E-state index contributed by atoms with van der Waals surface area (Å²) >= 11 is 12.7. The van der Waals surface area contributed by atoms with Crippen molar-refractivity contribution in [2.24, 2.45) is 0 Å². The smallest absolute Gasteiger partial charge is 0.399 e. The monoisotopic (exact) mass is 2190 g/mol. The van der Waals surface area contributed by atoms with Gasteiger partial charge < -0.3 is 88.1 Å². The number of pyridine rings is 2. The van der Waals surface area contributed by atoms with Crippen molar-refractivity contribution >= 4 is 136 Å². The Morgan fingerprint density at radius 3 is 1.18 bits per heavy atom. The number of benzene rings is 8. The van der Waals surface area contributed by atoms with Crippen LogP contribution in [0.25, 0.3) is 45.0 Å². The molecule has 0 spiro atoms. The summed E-state index contributed by atoms with van der Waals surface area (Å²) in [5, 5.41) is 39.9. The first-order valence-electron chi connectivity index (χ1n) is 42.1. The third-order valence-electron chi connectivity index (χ3n) is 21.9. The van der Waals surface area contributed by atoms with Crippen molar-refractivity contribution in [2.75, 3.05) is 42.8 Å². The number of amides is 4. The Morgan fingerprint density at radius 1 is 0.401 bits per heavy atom. The number of aromatic amines is 2. The van der Waals surface area contributed by atoms with Crippen molar-refractivity contribution in [3.05, 3.63) is 363 Å². The fourth-order valence-corrected chi connectivity index (χ4v) is 14.3. The summed E-state index contributed by atoms with van der Waals surface area (Å²) in [6, 6.07) is 63.9. The summed E-state index contributed by atoms with van der Waals surface area (Å²) < 4.78 is 56.6. The Morgan fingerprint density at radius 2 is 0.768 bits per heavy atom. The SMILES string of the molecule is C.C.C.C.C.C.CC1(C)OB(c2ccc(C(=O)N[C@H](CO)c3ccccc3)cc2)OC1(C)C.CC1(C)OB(c2cnc(N)c(-c3ccc(C(=O)NCc4ccccc4)c(F)c3)n2)OC1(C)C.Nc1ncc(-c2ccc(=O)[nH]c2)nc1-c1ccc(C(=O)N[C@H](CO)c2ccccc2)c(F)c1.Nc1ncc(Br)nc1-c1ccc(C(=O)N[C@H](CO)c2ccccc2)cc1.Nc1ncc(Br)nc1Br.O=c1ccc(Br)c[nH]1. The normalized spacial score (nSPS) is 13.4. The van der Waals surface area contributed by atoms with Gasteiger partial charge >= 0.3 is 14.2 Å². The van der Waals surface area contributed by atoms with Crippen LogP contribution in [-0.4, -0.2) is 145 Å². The first-order chi connectivity index (χ1) is 64.8. The van der Waals surface area contributed by atoms with Gasteiger partial charge in [0.15, 0.2) is 5.82 Å². The molecule has 0 aliphatic carbocycles. The highest BCUT2D eigenvalue weighted by Gasteiger charge is 2.53. The van der Waals surface area contributed by atoms with Crippen LogP contribution in [0.2, 0.25) is 0 Å². The predicted molar refractivity (Wildman–Crippen MR) is 573 cm³/mol. The fraction of sp³-hybridized carbons (Fsp3) is 0.243. The number of anilines is 4. The second kappa shape index (κ2) is 54.6. The summed E-state index contributed by atoms with van der Waals surface area (Å²) in [4.78, 5) is 110. The number of aliphatic hydroxyl groups excluding tert-OH is 3. The number of halogens is 6. The molecule has 748 valence electrons. The minimum Gasteiger partial charge on any atom is -0.399 e. The molecule has 14 aromatic rings. The highest BCUT2D eigenvalue weighted by atomic mass is 79.9. The number of nitrogens with zero attached hydrogens (tertiary/aromatic N) is 8. The van der Waals surface area contributed by atoms with E-state index in [2.05, 4.69) is 135 Å². The number of aliphatic hydroxyl groups is 3. The summed E-state index contributed by atoms with van der Waals surface area (Å²) in [5.41, 5.74) is 30.0. The summed E-state index contributed by atoms with van der Waals surface area (Å²) in [6.07, 6.45) is 9.10. The first-order valence-corrected chi connectivity index (χ1v) is 45.2. The van der Waals surface area contributed by atoms with E-state index < -0.39 is 78.2 Å². The minimum absolute atomic E-state index is 0. The van der Waals surface area contributed by atoms with E-state index in [0.717, 1.165) is 38.3 Å². The van der Waals surface area contributed by atoms with Gasteiger partial charge in [0.05, 0.1) is 101 Å². The Hall–Kier alpha value is -13.3. The van der Waals surface area contributed by atoms with Gasteiger partial charge in [0.25, 0.3) is 23.6 Å². The molecule has 39 heteroatoms. The molecule has 0 unspecified atom stereocenters. The van der Waals surface area contributed by atoms with Crippen LogP contribution in [0.1, 0.15) is 182 Å². The quantitative estimate of drug-likeness (QED) is 0.0297. The number of nitrogens with two attached hydrogens (primary N) is 4. The maximum absolute atomic E-state index is 14.9. The molecule has 142 heavy (non-hydrogen) atoms. The lowest BCUT2D eigenvalue weighted by Gasteiger charge is -2.32. The molecule has 17 N–H and O–H groups in total. The van der Waals surface area contributed by atoms with Gasteiger partial charge in [-0.3, -0.25) is 33.8 Å². The van der Waals surface area contributed by atoms with Crippen LogP contribution in [-0.2, 0) is 25.2 Å². The van der Waals surface area contributed by atoms with Crippen molar-refractivity contribution in [2.45, 2.75) is 147 Å². The Labute approximate surface area is 860 Å². The molecule has 4 amide bonds. The van der Waals surface area contributed by atoms with E-state index in [-0.39, 0.29) is 121 Å². The van der Waals surface area contributed by atoms with Crippen LogP contribution >= 0.6 is 63.7 Å². The summed E-state index contributed by atoms with van der Waals surface area (Å²) in [5.74, 6) is -2.19. The molecule has 2 fully saturated rings. The van der Waals surface area contributed by atoms with Crippen molar-refractivity contribution < 1.29 is 61.9 Å². The van der Waals surface area contributed by atoms with E-state index in [0.29, 0.717) is 82.4 Å².